The van der Waals surface area contributed by atoms with Crippen LogP contribution in [0, 0.1) is 6.92 Å². The average molecular weight is 368 g/mol. The number of hydrogen-bond donors (Lipinski definition) is 2. The largest absolute Gasteiger partial charge is 0.391 e. The number of carbonyl (C=O) groups excluding carboxylic acids is 1. The van der Waals surface area contributed by atoms with E-state index in [1.165, 1.54) is 5.56 Å². The minimum Gasteiger partial charge on any atom is -0.391 e. The smallest absolute Gasteiger partial charge is 0.219 e. The monoisotopic (exact) mass is 368 g/mol. The molecule has 0 radical (unpaired) electrons. The summed E-state index contributed by atoms with van der Waals surface area (Å²) in [6.07, 6.45) is 2.73. The van der Waals surface area contributed by atoms with Gasteiger partial charge in [-0.1, -0.05) is 6.07 Å². The van der Waals surface area contributed by atoms with Gasteiger partial charge in [0.15, 0.2) is 0 Å². The molecule has 3 N–H and O–H groups in total. The Hall–Kier alpha value is -2.83. The van der Waals surface area contributed by atoms with Crippen LogP contribution in [0.25, 0.3) is 0 Å². The highest BCUT2D eigenvalue weighted by Gasteiger charge is 2.23. The van der Waals surface area contributed by atoms with Gasteiger partial charge >= 0.3 is 0 Å². The van der Waals surface area contributed by atoms with Gasteiger partial charge in [-0.15, -0.1) is 0 Å². The fourth-order valence-electron chi connectivity index (χ4n) is 3.59. The van der Waals surface area contributed by atoms with E-state index in [9.17, 15) is 4.79 Å². The highest BCUT2D eigenvalue weighted by atomic mass is 16.2. The van der Waals surface area contributed by atoms with Gasteiger partial charge < -0.3 is 16.0 Å². The SMILES string of the molecule is CNC1=C(C(N)=Nc2cc(C)cc(C3C=NN(C)C3)c2)CN(C(C)=O)CC1. The van der Waals surface area contributed by atoms with E-state index >= 15 is 0 Å². The molecule has 0 spiro atoms. The molecule has 2 heterocycles. The van der Waals surface area contributed by atoms with Crippen LogP contribution in [0.5, 0.6) is 0 Å². The summed E-state index contributed by atoms with van der Waals surface area (Å²) in [4.78, 5) is 18.3. The lowest BCUT2D eigenvalue weighted by Crippen LogP contribution is -2.40. The van der Waals surface area contributed by atoms with Crippen molar-refractivity contribution < 1.29 is 4.79 Å². The maximum absolute atomic E-state index is 11.8. The van der Waals surface area contributed by atoms with E-state index in [1.54, 1.807) is 11.8 Å². The summed E-state index contributed by atoms with van der Waals surface area (Å²) >= 11 is 0. The predicted octanol–water partition coefficient (Wildman–Crippen LogP) is 1.72. The Morgan fingerprint density at radius 3 is 2.78 bits per heavy atom. The van der Waals surface area contributed by atoms with Crippen LogP contribution < -0.4 is 11.1 Å². The van der Waals surface area contributed by atoms with Crippen LogP contribution in [0.3, 0.4) is 0 Å². The Labute approximate surface area is 160 Å². The van der Waals surface area contributed by atoms with Gasteiger partial charge in [0, 0.05) is 63.9 Å². The molecule has 1 aromatic carbocycles. The van der Waals surface area contributed by atoms with E-state index in [2.05, 4.69) is 34.5 Å². The van der Waals surface area contributed by atoms with Crippen molar-refractivity contribution >= 4 is 23.6 Å². The number of aliphatic imine (C=N–C) groups is 1. The molecule has 144 valence electrons. The van der Waals surface area contributed by atoms with E-state index in [1.807, 2.05) is 31.4 Å². The highest BCUT2D eigenvalue weighted by molar-refractivity contribution is 6.00. The summed E-state index contributed by atoms with van der Waals surface area (Å²) in [5.41, 5.74) is 11.5. The molecule has 0 saturated carbocycles. The van der Waals surface area contributed by atoms with Crippen molar-refractivity contribution in [2.24, 2.45) is 15.8 Å². The zero-order chi connectivity index (χ0) is 19.6. The third kappa shape index (κ3) is 4.30. The fraction of sp³-hybridized carbons (Fsp3) is 0.450. The van der Waals surface area contributed by atoms with Crippen molar-refractivity contribution in [2.45, 2.75) is 26.2 Å². The molecule has 1 amide bonds. The molecule has 0 saturated heterocycles. The predicted molar refractivity (Wildman–Crippen MR) is 109 cm³/mol. The number of hydrogen-bond acceptors (Lipinski definition) is 5. The number of likely N-dealkylation sites (N-methyl/N-ethyl adjacent to an activating group) is 1. The number of aryl methyl sites for hydroxylation is 1. The van der Waals surface area contributed by atoms with Crippen LogP contribution in [0.4, 0.5) is 5.69 Å². The molecule has 1 aromatic rings. The standard InChI is InChI=1S/C20H28N6O/c1-13-7-15(16-10-23-25(4)11-16)9-17(8-13)24-20(21)18-12-26(14(2)27)6-5-19(18)22-3/h7-10,16,22H,5-6,11-12H2,1-4H3,(H2,21,24). The first-order valence-corrected chi connectivity index (χ1v) is 9.24. The summed E-state index contributed by atoms with van der Waals surface area (Å²) in [6.45, 7) is 5.70. The number of amides is 1. The lowest BCUT2D eigenvalue weighted by molar-refractivity contribution is -0.128. The van der Waals surface area contributed by atoms with E-state index in [4.69, 9.17) is 5.73 Å². The molecular weight excluding hydrogens is 340 g/mol. The fourth-order valence-corrected chi connectivity index (χ4v) is 3.59. The highest BCUT2D eigenvalue weighted by Crippen LogP contribution is 2.26. The van der Waals surface area contributed by atoms with Gasteiger partial charge in [0.2, 0.25) is 5.91 Å². The minimum absolute atomic E-state index is 0.0536. The average Bonchev–Trinajstić information content (AvgIpc) is 3.07. The molecular formula is C20H28N6O. The quantitative estimate of drug-likeness (QED) is 0.626. The topological polar surface area (TPSA) is 86.3 Å². The second-order valence-corrected chi connectivity index (χ2v) is 7.21. The van der Waals surface area contributed by atoms with E-state index < -0.39 is 0 Å². The van der Waals surface area contributed by atoms with Crippen molar-refractivity contribution in [3.05, 3.63) is 40.6 Å². The number of nitrogens with two attached hydrogens (primary N) is 1. The molecule has 0 aromatic heterocycles. The number of hydrazone groups is 1. The molecule has 1 atom stereocenters. The Morgan fingerprint density at radius 2 is 2.15 bits per heavy atom. The molecule has 2 aliphatic heterocycles. The Bertz CT molecular complexity index is 826. The van der Waals surface area contributed by atoms with Crippen LogP contribution in [0.15, 0.2) is 39.6 Å². The number of benzene rings is 1. The summed E-state index contributed by atoms with van der Waals surface area (Å²) in [5, 5.41) is 9.48. The second kappa shape index (κ2) is 7.82. The number of amidine groups is 1. The number of nitrogens with one attached hydrogen (secondary N) is 1. The maximum Gasteiger partial charge on any atom is 0.219 e. The van der Waals surface area contributed by atoms with Crippen LogP contribution >= 0.6 is 0 Å². The van der Waals surface area contributed by atoms with Crippen LogP contribution in [-0.4, -0.2) is 61.6 Å². The second-order valence-electron chi connectivity index (χ2n) is 7.21. The van der Waals surface area contributed by atoms with E-state index in [-0.39, 0.29) is 11.8 Å². The van der Waals surface area contributed by atoms with Crippen molar-refractivity contribution in [1.29, 1.82) is 0 Å². The van der Waals surface area contributed by atoms with Crippen molar-refractivity contribution in [2.75, 3.05) is 33.7 Å². The molecule has 7 nitrogen and oxygen atoms in total. The summed E-state index contributed by atoms with van der Waals surface area (Å²) < 4.78 is 0. The minimum atomic E-state index is 0.0536. The number of carbonyl (C=O) groups is 1. The Balaban J connectivity index is 1.91. The van der Waals surface area contributed by atoms with Gasteiger partial charge in [-0.3, -0.25) is 9.80 Å². The molecule has 0 aliphatic carbocycles. The van der Waals surface area contributed by atoms with E-state index in [0.717, 1.165) is 35.5 Å². The third-order valence-electron chi connectivity index (χ3n) is 5.07. The number of nitrogens with zero attached hydrogens (tertiary/aromatic N) is 4. The Kier molecular flexibility index (Phi) is 5.48. The van der Waals surface area contributed by atoms with Gasteiger partial charge in [-0.25, -0.2) is 4.99 Å². The first-order chi connectivity index (χ1) is 12.9. The zero-order valence-electron chi connectivity index (χ0n) is 16.5. The van der Waals surface area contributed by atoms with E-state index in [0.29, 0.717) is 18.9 Å². The molecule has 7 heteroatoms. The third-order valence-corrected chi connectivity index (χ3v) is 5.07. The zero-order valence-corrected chi connectivity index (χ0v) is 16.5. The summed E-state index contributed by atoms with van der Waals surface area (Å²) in [7, 11) is 3.85. The van der Waals surface area contributed by atoms with Gasteiger partial charge in [0.05, 0.1) is 12.2 Å². The van der Waals surface area contributed by atoms with Gasteiger partial charge in [0.25, 0.3) is 0 Å². The molecule has 0 fully saturated rings. The molecule has 1 unspecified atom stereocenters. The summed E-state index contributed by atoms with van der Waals surface area (Å²) in [6, 6.07) is 6.26. The number of rotatable bonds is 4. The molecule has 3 rings (SSSR count). The van der Waals surface area contributed by atoms with Crippen molar-refractivity contribution in [3.63, 3.8) is 0 Å². The van der Waals surface area contributed by atoms with Gasteiger partial charge in [-0.05, 0) is 30.2 Å². The first-order valence-electron chi connectivity index (χ1n) is 9.24. The van der Waals surface area contributed by atoms with Crippen molar-refractivity contribution in [3.8, 4) is 0 Å². The summed E-state index contributed by atoms with van der Waals surface area (Å²) in [5.74, 6) is 0.775. The first kappa shape index (κ1) is 18.9. The Morgan fingerprint density at radius 1 is 1.37 bits per heavy atom. The van der Waals surface area contributed by atoms with Gasteiger partial charge in [-0.2, -0.15) is 5.10 Å². The molecule has 27 heavy (non-hydrogen) atoms. The normalized spacial score (nSPS) is 20.4. The van der Waals surface area contributed by atoms with Crippen LogP contribution in [0.2, 0.25) is 0 Å². The molecule has 0 bridgehead atoms. The lowest BCUT2D eigenvalue weighted by Gasteiger charge is -2.29. The van der Waals surface area contributed by atoms with Crippen molar-refractivity contribution in [1.82, 2.24) is 15.2 Å². The van der Waals surface area contributed by atoms with Crippen LogP contribution in [0.1, 0.15) is 30.4 Å². The van der Waals surface area contributed by atoms with Crippen LogP contribution in [-0.2, 0) is 4.79 Å². The van der Waals surface area contributed by atoms with Gasteiger partial charge in [0.1, 0.15) is 5.84 Å². The molecule has 2 aliphatic rings. The lowest BCUT2D eigenvalue weighted by atomic mass is 9.98. The maximum atomic E-state index is 11.8.